The quantitative estimate of drug-likeness (QED) is 0.728. The van der Waals surface area contributed by atoms with Gasteiger partial charge in [-0.15, -0.1) is 0 Å². The van der Waals surface area contributed by atoms with Crippen molar-refractivity contribution in [2.24, 2.45) is 5.73 Å². The van der Waals surface area contributed by atoms with Crippen LogP contribution in [0.4, 0.5) is 5.95 Å². The number of aromatic nitrogens is 2. The van der Waals surface area contributed by atoms with Gasteiger partial charge in [-0.25, -0.2) is 0 Å². The fraction of sp³-hybridized carbons (Fsp3) is 0.750. The molecule has 5 heteroatoms. The Hall–Kier alpha value is -1.10. The van der Waals surface area contributed by atoms with E-state index in [0.29, 0.717) is 11.8 Å². The van der Waals surface area contributed by atoms with Crippen LogP contribution < -0.4 is 10.6 Å². The van der Waals surface area contributed by atoms with Crippen LogP contribution in [0.25, 0.3) is 0 Å². The third-order valence-corrected chi connectivity index (χ3v) is 2.21. The van der Waals surface area contributed by atoms with Crippen molar-refractivity contribution >= 4 is 5.95 Å². The lowest BCUT2D eigenvalue weighted by molar-refractivity contribution is 0.361. The molecule has 5 nitrogen and oxygen atoms in total. The summed E-state index contributed by atoms with van der Waals surface area (Å²) in [5.41, 5.74) is 5.61. The predicted molar refractivity (Wildman–Crippen MR) is 48.3 cm³/mol. The second-order valence-electron chi connectivity index (χ2n) is 3.42. The van der Waals surface area contributed by atoms with Gasteiger partial charge >= 0.3 is 0 Å². The van der Waals surface area contributed by atoms with E-state index in [1.165, 1.54) is 12.8 Å². The van der Waals surface area contributed by atoms with Crippen LogP contribution in [0.2, 0.25) is 0 Å². The lowest BCUT2D eigenvalue weighted by Crippen LogP contribution is -2.19. The lowest BCUT2D eigenvalue weighted by Gasteiger charge is -2.09. The van der Waals surface area contributed by atoms with E-state index < -0.39 is 0 Å². The smallest absolute Gasteiger partial charge is 0.266 e. The third kappa shape index (κ3) is 1.65. The third-order valence-electron chi connectivity index (χ3n) is 2.21. The van der Waals surface area contributed by atoms with Crippen molar-refractivity contribution in [1.82, 2.24) is 10.1 Å². The van der Waals surface area contributed by atoms with Crippen LogP contribution in [0.15, 0.2) is 4.52 Å². The molecule has 1 aliphatic rings. The van der Waals surface area contributed by atoms with Crippen LogP contribution in [0, 0.1) is 0 Å². The topological polar surface area (TPSA) is 68.2 Å². The zero-order valence-corrected chi connectivity index (χ0v) is 7.73. The largest absolute Gasteiger partial charge is 0.338 e. The molecule has 1 fully saturated rings. The first-order valence-electron chi connectivity index (χ1n) is 4.61. The highest BCUT2D eigenvalue weighted by atomic mass is 16.5. The molecule has 1 saturated heterocycles. The molecule has 1 aromatic heterocycles. The van der Waals surface area contributed by atoms with E-state index in [1.54, 1.807) is 0 Å². The summed E-state index contributed by atoms with van der Waals surface area (Å²) in [4.78, 5) is 6.34. The minimum Gasteiger partial charge on any atom is -0.338 e. The van der Waals surface area contributed by atoms with Crippen molar-refractivity contribution in [2.45, 2.75) is 25.8 Å². The summed E-state index contributed by atoms with van der Waals surface area (Å²) >= 11 is 0. The van der Waals surface area contributed by atoms with E-state index in [0.717, 1.165) is 13.1 Å². The lowest BCUT2D eigenvalue weighted by atomic mass is 10.4. The number of rotatable bonds is 2. The van der Waals surface area contributed by atoms with Gasteiger partial charge in [-0.1, -0.05) is 0 Å². The maximum absolute atomic E-state index is 5.61. The molecular formula is C8H14N4O. The molecule has 0 aliphatic carbocycles. The Morgan fingerprint density at radius 1 is 1.46 bits per heavy atom. The standard InChI is InChI=1S/C8H14N4O/c1-6(9)7-10-8(11-13-7)12-4-2-3-5-12/h6H,2-5,9H2,1H3/t6-/m1/s1. The van der Waals surface area contributed by atoms with E-state index in [4.69, 9.17) is 10.3 Å². The van der Waals surface area contributed by atoms with Gasteiger partial charge in [0.1, 0.15) is 0 Å². The van der Waals surface area contributed by atoms with E-state index >= 15 is 0 Å². The van der Waals surface area contributed by atoms with E-state index in [-0.39, 0.29) is 6.04 Å². The molecule has 2 heterocycles. The number of nitrogens with two attached hydrogens (primary N) is 1. The van der Waals surface area contributed by atoms with Crippen LogP contribution in [-0.2, 0) is 0 Å². The van der Waals surface area contributed by atoms with Crippen LogP contribution in [0.5, 0.6) is 0 Å². The summed E-state index contributed by atoms with van der Waals surface area (Å²) in [6, 6.07) is -0.177. The second kappa shape index (κ2) is 3.33. The van der Waals surface area contributed by atoms with Crippen molar-refractivity contribution in [2.75, 3.05) is 18.0 Å². The maximum Gasteiger partial charge on any atom is 0.266 e. The minimum absolute atomic E-state index is 0.177. The normalized spacial score (nSPS) is 19.4. The first kappa shape index (κ1) is 8.50. The van der Waals surface area contributed by atoms with Crippen LogP contribution in [-0.4, -0.2) is 23.2 Å². The highest BCUT2D eigenvalue weighted by molar-refractivity contribution is 5.29. The molecule has 0 spiro atoms. The van der Waals surface area contributed by atoms with Crippen LogP contribution >= 0.6 is 0 Å². The molecule has 1 aliphatic heterocycles. The van der Waals surface area contributed by atoms with E-state index in [1.807, 2.05) is 6.92 Å². The summed E-state index contributed by atoms with van der Waals surface area (Å²) in [6.45, 7) is 3.89. The maximum atomic E-state index is 5.61. The highest BCUT2D eigenvalue weighted by Gasteiger charge is 2.18. The summed E-state index contributed by atoms with van der Waals surface area (Å²) < 4.78 is 5.01. The molecule has 1 atom stereocenters. The molecular weight excluding hydrogens is 168 g/mol. The Balaban J connectivity index is 2.12. The van der Waals surface area contributed by atoms with Gasteiger partial charge in [-0.3, -0.25) is 0 Å². The number of nitrogens with zero attached hydrogens (tertiary/aromatic N) is 3. The summed E-state index contributed by atoms with van der Waals surface area (Å²) in [6.07, 6.45) is 2.42. The van der Waals surface area contributed by atoms with Gasteiger partial charge in [0.05, 0.1) is 6.04 Å². The molecule has 0 radical (unpaired) electrons. The molecule has 0 unspecified atom stereocenters. The first-order chi connectivity index (χ1) is 6.27. The van der Waals surface area contributed by atoms with Gasteiger partial charge < -0.3 is 15.2 Å². The Kier molecular flexibility index (Phi) is 2.18. The van der Waals surface area contributed by atoms with Gasteiger partial charge in [-0.05, 0) is 24.9 Å². The minimum atomic E-state index is -0.177. The van der Waals surface area contributed by atoms with Crippen molar-refractivity contribution < 1.29 is 4.52 Å². The van der Waals surface area contributed by atoms with Gasteiger partial charge in [0.2, 0.25) is 5.89 Å². The summed E-state index contributed by atoms with van der Waals surface area (Å²) in [5.74, 6) is 1.20. The zero-order chi connectivity index (χ0) is 9.26. The first-order valence-corrected chi connectivity index (χ1v) is 4.61. The van der Waals surface area contributed by atoms with Gasteiger partial charge in [-0.2, -0.15) is 4.98 Å². The Labute approximate surface area is 76.9 Å². The van der Waals surface area contributed by atoms with Crippen molar-refractivity contribution in [1.29, 1.82) is 0 Å². The molecule has 0 aromatic carbocycles. The molecule has 1 aromatic rings. The van der Waals surface area contributed by atoms with E-state index in [2.05, 4.69) is 15.0 Å². The SMILES string of the molecule is C[C@@H](N)c1nc(N2CCCC2)no1. The Morgan fingerprint density at radius 2 is 2.15 bits per heavy atom. The molecule has 72 valence electrons. The van der Waals surface area contributed by atoms with Crippen LogP contribution in [0.1, 0.15) is 31.7 Å². The summed E-state index contributed by atoms with van der Waals surface area (Å²) in [7, 11) is 0. The predicted octanol–water partition coefficient (Wildman–Crippen LogP) is 0.690. The fourth-order valence-corrected chi connectivity index (χ4v) is 1.46. The molecule has 13 heavy (non-hydrogen) atoms. The average molecular weight is 182 g/mol. The monoisotopic (exact) mass is 182 g/mol. The number of hydrogen-bond acceptors (Lipinski definition) is 5. The Bertz CT molecular complexity index is 277. The molecule has 0 amide bonds. The second-order valence-corrected chi connectivity index (χ2v) is 3.42. The van der Waals surface area contributed by atoms with Crippen LogP contribution in [0.3, 0.4) is 0 Å². The zero-order valence-electron chi connectivity index (χ0n) is 7.73. The van der Waals surface area contributed by atoms with E-state index in [9.17, 15) is 0 Å². The average Bonchev–Trinajstić information content (AvgIpc) is 2.75. The van der Waals surface area contributed by atoms with Crippen molar-refractivity contribution in [3.8, 4) is 0 Å². The van der Waals surface area contributed by atoms with Crippen molar-refractivity contribution in [3.63, 3.8) is 0 Å². The summed E-state index contributed by atoms with van der Waals surface area (Å²) in [5, 5.41) is 3.88. The Morgan fingerprint density at radius 3 is 2.69 bits per heavy atom. The van der Waals surface area contributed by atoms with Crippen molar-refractivity contribution in [3.05, 3.63) is 5.89 Å². The molecule has 2 rings (SSSR count). The molecule has 0 saturated carbocycles. The fourth-order valence-electron chi connectivity index (χ4n) is 1.46. The number of anilines is 1. The molecule has 2 N–H and O–H groups in total. The highest BCUT2D eigenvalue weighted by Crippen LogP contribution is 2.17. The van der Waals surface area contributed by atoms with Gasteiger partial charge in [0.15, 0.2) is 0 Å². The van der Waals surface area contributed by atoms with Gasteiger partial charge in [0, 0.05) is 13.1 Å². The molecule has 0 bridgehead atoms. The van der Waals surface area contributed by atoms with Gasteiger partial charge in [0.25, 0.3) is 5.95 Å². The number of hydrogen-bond donors (Lipinski definition) is 1.